The predicted molar refractivity (Wildman–Crippen MR) is 101 cm³/mol. The molecule has 25 heavy (non-hydrogen) atoms. The van der Waals surface area contributed by atoms with E-state index in [-0.39, 0.29) is 10.7 Å². The van der Waals surface area contributed by atoms with Gasteiger partial charge in [-0.15, -0.1) is 0 Å². The Morgan fingerprint density at radius 3 is 2.44 bits per heavy atom. The number of rotatable bonds is 3. The summed E-state index contributed by atoms with van der Waals surface area (Å²) in [4.78, 5) is 26.3. The Morgan fingerprint density at radius 2 is 1.80 bits per heavy atom. The number of hydrogen-bond donors (Lipinski definition) is 1. The van der Waals surface area contributed by atoms with Gasteiger partial charge in [0.15, 0.2) is 5.11 Å². The Morgan fingerprint density at radius 1 is 1.12 bits per heavy atom. The zero-order valence-corrected chi connectivity index (χ0v) is 14.7. The van der Waals surface area contributed by atoms with Crippen LogP contribution in [0.25, 0.3) is 6.08 Å². The summed E-state index contributed by atoms with van der Waals surface area (Å²) < 4.78 is 5.10. The number of carbonyl (C=O) groups excluding carboxylic acids is 2. The maximum atomic E-state index is 12.9. The molecule has 1 fully saturated rings. The SMILES string of the molecule is COc1ccc(/C=C2\C(=O)NC(=S)N(c3ccccc3Cl)C2=O)cc1. The van der Waals surface area contributed by atoms with E-state index in [2.05, 4.69) is 5.32 Å². The lowest BCUT2D eigenvalue weighted by molar-refractivity contribution is -0.122. The van der Waals surface area contributed by atoms with Gasteiger partial charge >= 0.3 is 0 Å². The minimum atomic E-state index is -0.547. The van der Waals surface area contributed by atoms with Crippen LogP contribution in [0.2, 0.25) is 5.02 Å². The first kappa shape index (κ1) is 17.1. The highest BCUT2D eigenvalue weighted by Crippen LogP contribution is 2.29. The lowest BCUT2D eigenvalue weighted by Gasteiger charge is -2.29. The summed E-state index contributed by atoms with van der Waals surface area (Å²) in [6.07, 6.45) is 1.50. The standard InChI is InChI=1S/C18H13ClN2O3S/c1-24-12-8-6-11(7-9-12)10-13-16(22)20-18(25)21(17(13)23)15-5-3-2-4-14(15)19/h2-10H,1H3,(H,20,22,25)/b13-10+. The minimum Gasteiger partial charge on any atom is -0.497 e. The molecule has 0 atom stereocenters. The number of hydrogen-bond acceptors (Lipinski definition) is 4. The van der Waals surface area contributed by atoms with Crippen LogP contribution in [0.1, 0.15) is 5.56 Å². The molecule has 5 nitrogen and oxygen atoms in total. The molecule has 1 heterocycles. The first-order valence-corrected chi connectivity index (χ1v) is 8.10. The Balaban J connectivity index is 2.00. The summed E-state index contributed by atoms with van der Waals surface area (Å²) in [6, 6.07) is 13.8. The molecule has 0 unspecified atom stereocenters. The summed E-state index contributed by atoms with van der Waals surface area (Å²) in [5.74, 6) is -0.396. The second kappa shape index (κ2) is 7.04. The highest BCUT2D eigenvalue weighted by molar-refractivity contribution is 7.80. The number of para-hydroxylation sites is 1. The van der Waals surface area contributed by atoms with Crippen molar-refractivity contribution in [3.05, 3.63) is 64.7 Å². The fraction of sp³-hybridized carbons (Fsp3) is 0.0556. The normalized spacial score (nSPS) is 16.2. The number of anilines is 1. The van der Waals surface area contributed by atoms with Gasteiger partial charge in [0.1, 0.15) is 11.3 Å². The van der Waals surface area contributed by atoms with E-state index in [1.54, 1.807) is 55.6 Å². The third-order valence-corrected chi connectivity index (χ3v) is 4.23. The van der Waals surface area contributed by atoms with Crippen molar-refractivity contribution in [1.29, 1.82) is 0 Å². The lowest BCUT2D eigenvalue weighted by atomic mass is 10.1. The van der Waals surface area contributed by atoms with Gasteiger partial charge in [0.25, 0.3) is 11.8 Å². The quantitative estimate of drug-likeness (QED) is 0.510. The molecule has 1 aliphatic rings. The van der Waals surface area contributed by atoms with Crippen LogP contribution in [0.3, 0.4) is 0 Å². The van der Waals surface area contributed by atoms with Crippen molar-refractivity contribution in [3.8, 4) is 5.75 Å². The summed E-state index contributed by atoms with van der Waals surface area (Å²) in [7, 11) is 1.56. The van der Waals surface area contributed by atoms with E-state index < -0.39 is 11.8 Å². The molecule has 0 bridgehead atoms. The molecule has 1 aliphatic heterocycles. The van der Waals surface area contributed by atoms with Crippen molar-refractivity contribution in [3.63, 3.8) is 0 Å². The highest BCUT2D eigenvalue weighted by Gasteiger charge is 2.35. The number of benzene rings is 2. The number of amides is 2. The average molecular weight is 373 g/mol. The highest BCUT2D eigenvalue weighted by atomic mass is 35.5. The van der Waals surface area contributed by atoms with Crippen LogP contribution in [0.15, 0.2) is 54.1 Å². The van der Waals surface area contributed by atoms with Crippen LogP contribution in [0.4, 0.5) is 5.69 Å². The van der Waals surface area contributed by atoms with Gasteiger partial charge in [-0.2, -0.15) is 0 Å². The fourth-order valence-electron chi connectivity index (χ4n) is 2.38. The Kier molecular flexibility index (Phi) is 4.83. The lowest BCUT2D eigenvalue weighted by Crippen LogP contribution is -2.54. The molecule has 1 saturated heterocycles. The first-order chi connectivity index (χ1) is 12.0. The first-order valence-electron chi connectivity index (χ1n) is 7.31. The van der Waals surface area contributed by atoms with Gasteiger partial charge in [-0.3, -0.25) is 19.8 Å². The van der Waals surface area contributed by atoms with Gasteiger partial charge in [-0.05, 0) is 48.1 Å². The van der Waals surface area contributed by atoms with Crippen LogP contribution in [-0.4, -0.2) is 24.0 Å². The molecule has 1 N–H and O–H groups in total. The summed E-state index contributed by atoms with van der Waals surface area (Å²) in [5, 5.41) is 2.88. The monoisotopic (exact) mass is 372 g/mol. The van der Waals surface area contributed by atoms with E-state index in [9.17, 15) is 9.59 Å². The predicted octanol–water partition coefficient (Wildman–Crippen LogP) is 3.18. The van der Waals surface area contributed by atoms with Gasteiger partial charge in [-0.25, -0.2) is 0 Å². The van der Waals surface area contributed by atoms with Crippen molar-refractivity contribution < 1.29 is 14.3 Å². The van der Waals surface area contributed by atoms with E-state index in [4.69, 9.17) is 28.6 Å². The zero-order chi connectivity index (χ0) is 18.0. The molecule has 0 aromatic heterocycles. The molecule has 0 radical (unpaired) electrons. The number of nitrogens with one attached hydrogen (secondary N) is 1. The van der Waals surface area contributed by atoms with E-state index in [1.165, 1.54) is 11.0 Å². The third kappa shape index (κ3) is 3.40. The molecule has 0 spiro atoms. The molecule has 2 aromatic carbocycles. The minimum absolute atomic E-state index is 0.00465. The van der Waals surface area contributed by atoms with E-state index in [0.717, 1.165) is 0 Å². The van der Waals surface area contributed by atoms with Crippen molar-refractivity contribution in [2.24, 2.45) is 0 Å². The summed E-state index contributed by atoms with van der Waals surface area (Å²) in [6.45, 7) is 0. The van der Waals surface area contributed by atoms with E-state index >= 15 is 0 Å². The average Bonchev–Trinajstić information content (AvgIpc) is 2.60. The molecule has 0 aliphatic carbocycles. The van der Waals surface area contributed by atoms with Gasteiger partial charge in [0, 0.05) is 0 Å². The smallest absolute Gasteiger partial charge is 0.270 e. The van der Waals surface area contributed by atoms with Crippen molar-refractivity contribution in [2.75, 3.05) is 12.0 Å². The van der Waals surface area contributed by atoms with E-state index in [0.29, 0.717) is 22.0 Å². The van der Waals surface area contributed by atoms with Crippen molar-refractivity contribution in [1.82, 2.24) is 5.32 Å². The molecule has 0 saturated carbocycles. The van der Waals surface area contributed by atoms with E-state index in [1.807, 2.05) is 0 Å². The molecular weight excluding hydrogens is 360 g/mol. The largest absolute Gasteiger partial charge is 0.497 e. The molecular formula is C18H13ClN2O3S. The maximum absolute atomic E-state index is 12.9. The van der Waals surface area contributed by atoms with Crippen molar-refractivity contribution in [2.45, 2.75) is 0 Å². The van der Waals surface area contributed by atoms with Crippen molar-refractivity contribution >= 4 is 52.5 Å². The van der Waals surface area contributed by atoms with Gasteiger partial charge in [0.05, 0.1) is 17.8 Å². The molecule has 7 heteroatoms. The summed E-state index contributed by atoms with van der Waals surface area (Å²) in [5.41, 5.74) is 1.07. The zero-order valence-electron chi connectivity index (χ0n) is 13.2. The third-order valence-electron chi connectivity index (χ3n) is 3.62. The van der Waals surface area contributed by atoms with Crippen LogP contribution in [0, 0.1) is 0 Å². The Bertz CT molecular complexity index is 893. The fourth-order valence-corrected chi connectivity index (χ4v) is 2.87. The number of ether oxygens (including phenoxy) is 1. The molecule has 2 amide bonds. The van der Waals surface area contributed by atoms with Gasteiger partial charge in [0.2, 0.25) is 0 Å². The second-order valence-corrected chi connectivity index (χ2v) is 5.98. The van der Waals surface area contributed by atoms with Crippen LogP contribution < -0.4 is 15.0 Å². The number of nitrogens with zero attached hydrogens (tertiary/aromatic N) is 1. The molecule has 2 aromatic rings. The van der Waals surface area contributed by atoms with Crippen LogP contribution in [0.5, 0.6) is 5.75 Å². The van der Waals surface area contributed by atoms with Gasteiger partial charge < -0.3 is 4.74 Å². The number of methoxy groups -OCH3 is 1. The Labute approximate surface area is 154 Å². The van der Waals surface area contributed by atoms with Crippen LogP contribution in [-0.2, 0) is 9.59 Å². The second-order valence-electron chi connectivity index (χ2n) is 5.18. The topological polar surface area (TPSA) is 58.6 Å². The van der Waals surface area contributed by atoms with Gasteiger partial charge in [-0.1, -0.05) is 35.9 Å². The van der Waals surface area contributed by atoms with Crippen LogP contribution >= 0.6 is 23.8 Å². The number of thiocarbonyl (C=S) groups is 1. The number of carbonyl (C=O) groups is 2. The molecule has 3 rings (SSSR count). The molecule has 126 valence electrons. The maximum Gasteiger partial charge on any atom is 0.270 e. The Hall–Kier alpha value is -2.70. The number of halogens is 1. The summed E-state index contributed by atoms with van der Waals surface area (Å²) >= 11 is 11.3.